The number of non-ortho nitro benzene ring substituents is 1. The molecule has 8 nitrogen and oxygen atoms in total. The fourth-order valence-corrected chi connectivity index (χ4v) is 5.66. The summed E-state index contributed by atoms with van der Waals surface area (Å²) in [5.41, 5.74) is 3.49. The molecule has 0 amide bonds. The van der Waals surface area contributed by atoms with Crippen LogP contribution in [0.4, 0.5) is 5.69 Å². The Kier molecular flexibility index (Phi) is 5.69. The molecule has 2 aromatic heterocycles. The van der Waals surface area contributed by atoms with Crippen LogP contribution in [0, 0.1) is 23.0 Å². The van der Waals surface area contributed by atoms with E-state index in [2.05, 4.69) is 5.10 Å². The van der Waals surface area contributed by atoms with Gasteiger partial charge in [0.1, 0.15) is 11.0 Å². The fraction of sp³-hybridized carbons (Fsp3) is 0.107. The number of aromatic nitrogens is 3. The highest BCUT2D eigenvalue weighted by molar-refractivity contribution is 8.04. The van der Waals surface area contributed by atoms with E-state index in [-0.39, 0.29) is 17.6 Å². The van der Waals surface area contributed by atoms with Crippen LogP contribution in [-0.4, -0.2) is 31.8 Å². The third kappa shape index (κ3) is 4.13. The Balaban J connectivity index is 1.51. The molecule has 2 aliphatic rings. The van der Waals surface area contributed by atoms with E-state index < -0.39 is 11.0 Å². The van der Waals surface area contributed by atoms with Crippen LogP contribution in [0.3, 0.4) is 0 Å². The van der Waals surface area contributed by atoms with Gasteiger partial charge in [-0.15, -0.1) is 0 Å². The van der Waals surface area contributed by atoms with E-state index >= 15 is 0 Å². The van der Waals surface area contributed by atoms with E-state index in [0.717, 1.165) is 27.1 Å². The van der Waals surface area contributed by atoms with Gasteiger partial charge >= 0.3 is 5.97 Å². The van der Waals surface area contributed by atoms with E-state index in [1.54, 1.807) is 23.0 Å². The first-order valence-electron chi connectivity index (χ1n) is 11.6. The van der Waals surface area contributed by atoms with Crippen molar-refractivity contribution in [3.05, 3.63) is 117 Å². The summed E-state index contributed by atoms with van der Waals surface area (Å²) in [6, 6.07) is 18.0. The topological polar surface area (TPSA) is 100 Å². The second kappa shape index (κ2) is 9.18. The van der Waals surface area contributed by atoms with Crippen LogP contribution in [0.1, 0.15) is 11.3 Å². The zero-order chi connectivity index (χ0) is 25.5. The maximum Gasteiger partial charge on any atom is 0.345 e. The molecule has 2 unspecified atom stereocenters. The minimum absolute atomic E-state index is 0.0212. The predicted molar refractivity (Wildman–Crippen MR) is 141 cm³/mol. The van der Waals surface area contributed by atoms with Crippen molar-refractivity contribution in [3.63, 3.8) is 0 Å². The maximum absolute atomic E-state index is 13.2. The van der Waals surface area contributed by atoms with E-state index in [9.17, 15) is 14.9 Å². The molecular formula is C28H20N4O4S. The monoisotopic (exact) mass is 508 g/mol. The van der Waals surface area contributed by atoms with Crippen LogP contribution >= 0.6 is 11.8 Å². The molecule has 1 aliphatic heterocycles. The minimum Gasteiger partial charge on any atom is -0.453 e. The first-order chi connectivity index (χ1) is 18.0. The number of pyridine rings is 1. The van der Waals surface area contributed by atoms with Crippen molar-refractivity contribution in [3.8, 4) is 5.69 Å². The average molecular weight is 509 g/mol. The largest absolute Gasteiger partial charge is 0.453 e. The van der Waals surface area contributed by atoms with Gasteiger partial charge in [0.2, 0.25) is 0 Å². The highest BCUT2D eigenvalue weighted by Gasteiger charge is 2.37. The number of esters is 1. The van der Waals surface area contributed by atoms with Crippen molar-refractivity contribution in [1.29, 1.82) is 0 Å². The first kappa shape index (κ1) is 22.9. The van der Waals surface area contributed by atoms with Crippen molar-refractivity contribution >= 4 is 40.0 Å². The lowest BCUT2D eigenvalue weighted by atomic mass is 9.84. The highest BCUT2D eigenvalue weighted by Crippen LogP contribution is 2.44. The zero-order valence-electron chi connectivity index (χ0n) is 19.6. The molecule has 2 aromatic carbocycles. The van der Waals surface area contributed by atoms with Crippen LogP contribution in [0.25, 0.3) is 22.3 Å². The molecule has 6 rings (SSSR count). The Morgan fingerprint density at radius 2 is 1.86 bits per heavy atom. The second-order valence-electron chi connectivity index (χ2n) is 8.69. The summed E-state index contributed by atoms with van der Waals surface area (Å²) in [5.74, 6) is -0.519. The van der Waals surface area contributed by atoms with Crippen LogP contribution < -0.4 is 0 Å². The summed E-state index contributed by atoms with van der Waals surface area (Å²) in [6.45, 7) is 1.87. The molecule has 0 spiro atoms. The summed E-state index contributed by atoms with van der Waals surface area (Å²) < 4.78 is 7.39. The molecule has 2 atom stereocenters. The quantitative estimate of drug-likeness (QED) is 0.191. The number of nitro groups is 1. The van der Waals surface area contributed by atoms with Crippen LogP contribution in [0.5, 0.6) is 0 Å². The fourth-order valence-electron chi connectivity index (χ4n) is 4.63. The molecule has 0 saturated carbocycles. The van der Waals surface area contributed by atoms with E-state index in [0.29, 0.717) is 16.2 Å². The number of carbonyl (C=O) groups excluding carboxylic acids is 1. The van der Waals surface area contributed by atoms with Gasteiger partial charge in [-0.05, 0) is 48.4 Å². The number of allylic oxidation sites excluding steroid dienone is 2. The van der Waals surface area contributed by atoms with Gasteiger partial charge < -0.3 is 4.74 Å². The van der Waals surface area contributed by atoms with Gasteiger partial charge in [0.15, 0.2) is 5.65 Å². The normalized spacial score (nSPS) is 18.7. The highest BCUT2D eigenvalue weighted by atomic mass is 32.2. The van der Waals surface area contributed by atoms with E-state index in [1.807, 2.05) is 67.6 Å². The molecule has 0 bridgehead atoms. The van der Waals surface area contributed by atoms with Crippen molar-refractivity contribution in [1.82, 2.24) is 14.8 Å². The molecule has 37 heavy (non-hydrogen) atoms. The smallest absolute Gasteiger partial charge is 0.345 e. The van der Waals surface area contributed by atoms with Gasteiger partial charge in [0, 0.05) is 34.5 Å². The summed E-state index contributed by atoms with van der Waals surface area (Å²) >= 11 is 1.38. The average Bonchev–Trinajstić information content (AvgIpc) is 3.25. The number of rotatable bonds is 5. The van der Waals surface area contributed by atoms with Crippen LogP contribution in [0.15, 0.2) is 101 Å². The molecule has 0 fully saturated rings. The van der Waals surface area contributed by atoms with Gasteiger partial charge in [-0.1, -0.05) is 54.3 Å². The Bertz CT molecular complexity index is 1660. The molecule has 4 aromatic rings. The number of benzene rings is 2. The molecule has 0 saturated heterocycles. The molecule has 0 radical (unpaired) electrons. The molecule has 182 valence electrons. The Morgan fingerprint density at radius 3 is 2.68 bits per heavy atom. The Labute approximate surface area is 216 Å². The lowest BCUT2D eigenvalue weighted by Crippen LogP contribution is -2.32. The Hall–Kier alpha value is -4.50. The lowest BCUT2D eigenvalue weighted by molar-refractivity contribution is -0.384. The third-order valence-corrected chi connectivity index (χ3v) is 7.46. The SMILES string of the molecule is Cc1nn(-c2cccc([N+](=O)[O-])c2)c2ncc(C3=C(Sc4ccccc4)C(=O)OC4C=CC=CC34)cc12. The van der Waals surface area contributed by atoms with Gasteiger partial charge in [-0.3, -0.25) is 10.1 Å². The van der Waals surface area contributed by atoms with Gasteiger partial charge in [0.25, 0.3) is 5.69 Å². The minimum atomic E-state index is -0.434. The molecule has 1 aliphatic carbocycles. The van der Waals surface area contributed by atoms with Gasteiger partial charge in [-0.2, -0.15) is 5.10 Å². The number of hydrogen-bond acceptors (Lipinski definition) is 7. The number of thioether (sulfide) groups is 1. The third-order valence-electron chi connectivity index (χ3n) is 6.36. The van der Waals surface area contributed by atoms with Crippen molar-refractivity contribution in [2.24, 2.45) is 5.92 Å². The van der Waals surface area contributed by atoms with E-state index in [1.165, 1.54) is 23.9 Å². The van der Waals surface area contributed by atoms with Crippen molar-refractivity contribution in [2.45, 2.75) is 17.9 Å². The second-order valence-corrected chi connectivity index (χ2v) is 9.78. The maximum atomic E-state index is 13.2. The van der Waals surface area contributed by atoms with Gasteiger partial charge in [-0.25, -0.2) is 14.5 Å². The zero-order valence-corrected chi connectivity index (χ0v) is 20.5. The number of nitro benzene ring substituents is 1. The number of ether oxygens (including phenoxy) is 1. The molecule has 3 heterocycles. The number of hydrogen-bond donors (Lipinski definition) is 0. The summed E-state index contributed by atoms with van der Waals surface area (Å²) in [5, 5.41) is 16.7. The van der Waals surface area contributed by atoms with E-state index in [4.69, 9.17) is 9.72 Å². The molecule has 9 heteroatoms. The predicted octanol–water partition coefficient (Wildman–Crippen LogP) is 5.81. The van der Waals surface area contributed by atoms with Gasteiger partial charge in [0.05, 0.1) is 16.3 Å². The summed E-state index contributed by atoms with van der Waals surface area (Å²) in [4.78, 5) is 30.2. The Morgan fingerprint density at radius 1 is 1.05 bits per heavy atom. The molecular weight excluding hydrogens is 488 g/mol. The van der Waals surface area contributed by atoms with Crippen LogP contribution in [-0.2, 0) is 9.53 Å². The number of aryl methyl sites for hydroxylation is 1. The number of fused-ring (bicyclic) bond motifs is 2. The summed E-state index contributed by atoms with van der Waals surface area (Å²) in [6.07, 6.45) is 9.13. The van der Waals surface area contributed by atoms with Crippen molar-refractivity contribution < 1.29 is 14.5 Å². The summed E-state index contributed by atoms with van der Waals surface area (Å²) in [7, 11) is 0. The molecule has 0 N–H and O–H groups in total. The van der Waals surface area contributed by atoms with Crippen molar-refractivity contribution in [2.75, 3.05) is 0 Å². The van der Waals surface area contributed by atoms with Crippen LogP contribution in [0.2, 0.25) is 0 Å². The number of carbonyl (C=O) groups is 1. The number of nitrogens with zero attached hydrogens (tertiary/aromatic N) is 4. The standard InChI is InChI=1S/C28H20N4O4S/c1-17-23-14-18(16-29-27(23)31(30-17)19-8-7-9-20(15-19)32(34)35)25-22-12-5-6-13-24(22)36-28(33)26(25)37-21-10-3-2-4-11-21/h2-16,22,24H,1H3. The lowest BCUT2D eigenvalue weighted by Gasteiger charge is -2.33. The first-order valence-corrected chi connectivity index (χ1v) is 12.4.